The molecule has 53 heavy (non-hydrogen) atoms. The number of rotatable bonds is 23. The molecule has 1 heterocycles. The summed E-state index contributed by atoms with van der Waals surface area (Å²) < 4.78 is 5.23. The van der Waals surface area contributed by atoms with E-state index in [4.69, 9.17) is 9.84 Å². The number of hydrazine groups is 1. The van der Waals surface area contributed by atoms with Crippen molar-refractivity contribution >= 4 is 51.7 Å². The molecule has 8 N–H and O–H groups in total. The van der Waals surface area contributed by atoms with Crippen LogP contribution in [0.3, 0.4) is 0 Å². The number of ether oxygens (including phenoxy) is 1. The molecule has 0 atom stereocenters. The van der Waals surface area contributed by atoms with Crippen LogP contribution in [0.4, 0.5) is 11.4 Å². The quantitative estimate of drug-likeness (QED) is 0.0394. The molecule has 0 unspecified atom stereocenters. The molecule has 17 heteroatoms. The summed E-state index contributed by atoms with van der Waals surface area (Å²) in [4.78, 5) is 69.0. The van der Waals surface area contributed by atoms with Gasteiger partial charge < -0.3 is 50.9 Å². The van der Waals surface area contributed by atoms with Crippen molar-refractivity contribution in [3.05, 3.63) is 71.3 Å². The molecule has 4 rings (SSSR count). The third kappa shape index (κ3) is 10.9. The van der Waals surface area contributed by atoms with Crippen molar-refractivity contribution in [2.45, 2.75) is 6.42 Å². The number of carbonyl (C=O) groups is 5. The van der Waals surface area contributed by atoms with Crippen LogP contribution in [0.2, 0.25) is 0 Å². The maximum absolute atomic E-state index is 13.5. The number of nitrogens with zero attached hydrogens (tertiary/aromatic N) is 3. The van der Waals surface area contributed by atoms with Crippen molar-refractivity contribution in [2.75, 3.05) is 102 Å². The highest BCUT2D eigenvalue weighted by molar-refractivity contribution is 6.25. The van der Waals surface area contributed by atoms with E-state index in [0.29, 0.717) is 39.7 Å². The van der Waals surface area contributed by atoms with Gasteiger partial charge in [-0.3, -0.25) is 24.0 Å². The van der Waals surface area contributed by atoms with Gasteiger partial charge in [0, 0.05) is 38.1 Å². The lowest BCUT2D eigenvalue weighted by Crippen LogP contribution is -2.50. The summed E-state index contributed by atoms with van der Waals surface area (Å²) in [5.74, 6) is -2.32. The van der Waals surface area contributed by atoms with E-state index in [1.807, 2.05) is 6.07 Å². The Bertz CT molecular complexity index is 1700. The molecule has 0 saturated carbocycles. The van der Waals surface area contributed by atoms with Crippen LogP contribution >= 0.6 is 0 Å². The molecule has 1 aliphatic heterocycles. The Kier molecular flexibility index (Phi) is 15.9. The molecule has 0 fully saturated rings. The average Bonchev–Trinajstić information content (AvgIpc) is 3.16. The number of imide groups is 1. The van der Waals surface area contributed by atoms with Gasteiger partial charge in [-0.2, -0.15) is 0 Å². The summed E-state index contributed by atoms with van der Waals surface area (Å²) in [5, 5.41) is 46.6. The topological polar surface area (TPSA) is 233 Å². The number of carbonyl (C=O) groups excluding carboxylic acids is 5. The summed E-state index contributed by atoms with van der Waals surface area (Å²) in [6, 6.07) is 15.6. The molecule has 0 saturated heterocycles. The Morgan fingerprint density at radius 2 is 1.17 bits per heavy atom. The number of nitrogens with one attached hydrogen (secondary N) is 4. The molecule has 3 aromatic carbocycles. The van der Waals surface area contributed by atoms with Gasteiger partial charge in [0.05, 0.1) is 81.8 Å². The first-order chi connectivity index (χ1) is 25.7. The Labute approximate surface area is 306 Å². The molecular formula is C36H47N7O10. The zero-order chi connectivity index (χ0) is 38.2. The van der Waals surface area contributed by atoms with Crippen LogP contribution in [-0.4, -0.2) is 147 Å². The van der Waals surface area contributed by atoms with Crippen molar-refractivity contribution < 1.29 is 49.1 Å². The summed E-state index contributed by atoms with van der Waals surface area (Å²) in [7, 11) is 0. The molecule has 1 aliphatic rings. The Morgan fingerprint density at radius 1 is 0.623 bits per heavy atom. The van der Waals surface area contributed by atoms with Gasteiger partial charge in [0.25, 0.3) is 11.8 Å². The van der Waals surface area contributed by atoms with Crippen LogP contribution in [0.15, 0.2) is 54.6 Å². The number of hydrogen-bond donors (Lipinski definition) is 8. The third-order valence-corrected chi connectivity index (χ3v) is 8.27. The van der Waals surface area contributed by atoms with Crippen molar-refractivity contribution in [1.82, 2.24) is 26.4 Å². The van der Waals surface area contributed by atoms with Crippen LogP contribution in [0.25, 0.3) is 10.8 Å². The van der Waals surface area contributed by atoms with Gasteiger partial charge in [0.1, 0.15) is 0 Å². The predicted molar refractivity (Wildman–Crippen MR) is 195 cm³/mol. The SMILES string of the molecule is O=C(CN(CCc1ccc2c3c(cccc13)C(=O)N(NCCOCCO)C2=O)c1ccccc1N(CC(=O)NCCO)CC(=O)NCCO)NCCO. The summed E-state index contributed by atoms with van der Waals surface area (Å²) in [6.07, 6.45) is 0.350. The van der Waals surface area contributed by atoms with Gasteiger partial charge >= 0.3 is 0 Å². The normalized spacial score (nSPS) is 12.2. The monoisotopic (exact) mass is 737 g/mol. The molecule has 17 nitrogen and oxygen atoms in total. The number of benzene rings is 3. The Hall–Kier alpha value is -5.17. The van der Waals surface area contributed by atoms with E-state index in [-0.39, 0.29) is 97.9 Å². The van der Waals surface area contributed by atoms with Crippen molar-refractivity contribution in [2.24, 2.45) is 0 Å². The standard InChI is InChI=1S/C36H47N7O10/c44-16-11-37-31(48)22-41(29-6-1-2-7-30(29)42(23-32(49)38-12-17-45)24-33(50)39-13-18-46)15-10-25-8-9-28-34-26(25)4-3-5-27(34)35(51)43(36(28)52)40-14-20-53-21-19-47/h1-9,40,44-47H,10-24H2,(H,37,48)(H,38,49)(H,39,50). The average molecular weight is 738 g/mol. The van der Waals surface area contributed by atoms with E-state index in [1.165, 1.54) is 4.90 Å². The molecule has 0 bridgehead atoms. The van der Waals surface area contributed by atoms with E-state index in [9.17, 15) is 39.3 Å². The highest BCUT2D eigenvalue weighted by atomic mass is 16.5. The van der Waals surface area contributed by atoms with E-state index < -0.39 is 23.6 Å². The largest absolute Gasteiger partial charge is 0.395 e. The molecule has 286 valence electrons. The first-order valence-electron chi connectivity index (χ1n) is 17.3. The summed E-state index contributed by atoms with van der Waals surface area (Å²) in [5.41, 5.74) is 5.27. The molecular weight excluding hydrogens is 690 g/mol. The van der Waals surface area contributed by atoms with E-state index in [0.717, 1.165) is 10.6 Å². The second kappa shape index (κ2) is 20.8. The zero-order valence-electron chi connectivity index (χ0n) is 29.4. The van der Waals surface area contributed by atoms with Crippen LogP contribution in [-0.2, 0) is 25.5 Å². The second-order valence-electron chi connectivity index (χ2n) is 11.9. The minimum absolute atomic E-state index is 0.0166. The van der Waals surface area contributed by atoms with Crippen molar-refractivity contribution in [3.63, 3.8) is 0 Å². The van der Waals surface area contributed by atoms with Crippen molar-refractivity contribution in [3.8, 4) is 0 Å². The van der Waals surface area contributed by atoms with Crippen LogP contribution < -0.4 is 31.2 Å². The smallest absolute Gasteiger partial charge is 0.275 e. The fourth-order valence-corrected chi connectivity index (χ4v) is 5.95. The zero-order valence-corrected chi connectivity index (χ0v) is 29.4. The van der Waals surface area contributed by atoms with Crippen LogP contribution in [0.1, 0.15) is 26.3 Å². The number of para-hydroxylation sites is 2. The summed E-state index contributed by atoms with van der Waals surface area (Å²) in [6.45, 7) is -0.823. The summed E-state index contributed by atoms with van der Waals surface area (Å²) >= 11 is 0. The maximum atomic E-state index is 13.5. The van der Waals surface area contributed by atoms with E-state index in [2.05, 4.69) is 21.4 Å². The van der Waals surface area contributed by atoms with E-state index in [1.54, 1.807) is 53.4 Å². The maximum Gasteiger partial charge on any atom is 0.275 e. The first kappa shape index (κ1) is 40.6. The van der Waals surface area contributed by atoms with Gasteiger partial charge in [-0.25, -0.2) is 10.4 Å². The first-order valence-corrected chi connectivity index (χ1v) is 17.3. The number of amides is 5. The molecule has 0 aromatic heterocycles. The lowest BCUT2D eigenvalue weighted by molar-refractivity contribution is -0.121. The number of aliphatic hydroxyl groups excluding tert-OH is 4. The van der Waals surface area contributed by atoms with Gasteiger partial charge in [0.2, 0.25) is 17.7 Å². The lowest BCUT2D eigenvalue weighted by atomic mass is 9.91. The molecule has 0 spiro atoms. The van der Waals surface area contributed by atoms with E-state index >= 15 is 0 Å². The fraction of sp³-hybridized carbons (Fsp3) is 0.417. The second-order valence-corrected chi connectivity index (χ2v) is 11.9. The van der Waals surface area contributed by atoms with Gasteiger partial charge in [0.15, 0.2) is 0 Å². The Balaban J connectivity index is 1.66. The number of anilines is 2. The van der Waals surface area contributed by atoms with Crippen molar-refractivity contribution in [1.29, 1.82) is 0 Å². The van der Waals surface area contributed by atoms with Crippen LogP contribution in [0, 0.1) is 0 Å². The fourth-order valence-electron chi connectivity index (χ4n) is 5.95. The van der Waals surface area contributed by atoms with Crippen LogP contribution in [0.5, 0.6) is 0 Å². The lowest BCUT2D eigenvalue weighted by Gasteiger charge is -2.32. The number of hydrogen-bond acceptors (Lipinski definition) is 13. The molecule has 0 radical (unpaired) electrons. The highest BCUT2D eigenvalue weighted by Crippen LogP contribution is 2.33. The van der Waals surface area contributed by atoms with Gasteiger partial charge in [-0.05, 0) is 41.6 Å². The van der Waals surface area contributed by atoms with Gasteiger partial charge in [-0.15, -0.1) is 0 Å². The predicted octanol–water partition coefficient (Wildman–Crippen LogP) is -1.87. The van der Waals surface area contributed by atoms with Gasteiger partial charge in [-0.1, -0.05) is 30.3 Å². The minimum atomic E-state index is -0.519. The molecule has 3 aromatic rings. The molecule has 5 amide bonds. The highest BCUT2D eigenvalue weighted by Gasteiger charge is 2.33. The Morgan fingerprint density at radius 3 is 1.74 bits per heavy atom. The third-order valence-electron chi connectivity index (χ3n) is 8.27. The minimum Gasteiger partial charge on any atom is -0.395 e. The number of aliphatic hydroxyl groups is 4. The molecule has 0 aliphatic carbocycles.